The van der Waals surface area contributed by atoms with Gasteiger partial charge in [0, 0.05) is 110 Å². The van der Waals surface area contributed by atoms with Gasteiger partial charge in [-0.3, -0.25) is 66.8 Å². The molecule has 13 amide bonds. The topological polar surface area (TPSA) is 651 Å². The van der Waals surface area contributed by atoms with Gasteiger partial charge in [-0.2, -0.15) is 35.3 Å². The number of methoxy groups -OCH3 is 1. The number of aromatic hydroxyl groups is 1. The zero-order valence-corrected chi connectivity index (χ0v) is 84.2. The van der Waals surface area contributed by atoms with Crippen LogP contribution in [0.1, 0.15) is 116 Å². The fourth-order valence-corrected chi connectivity index (χ4v) is 18.2. The number of carbonyl (C=O) groups is 14. The van der Waals surface area contributed by atoms with Crippen LogP contribution in [0.25, 0.3) is 10.9 Å². The Kier molecular flexibility index (Phi) is 55.2. The highest BCUT2D eigenvalue weighted by atomic mass is 32.2. The van der Waals surface area contributed by atoms with Crippen LogP contribution in [0, 0.1) is 29.6 Å². The number of phenolic OH excluding ortho intramolecular Hbond substituents is 1. The Morgan fingerprint density at radius 1 is 0.736 bits per heavy atom. The Bertz CT molecular complexity index is 4570. The minimum Gasteiger partial charge on any atom is -0.508 e. The Balaban J connectivity index is 0.000000456. The predicted octanol–water partition coefficient (Wildman–Crippen LogP) is -0.769. The molecule has 13 atom stereocenters. The molecule has 2 bridgehead atoms. The number of hydrogen-bond donors (Lipinski definition) is 19. The molecule has 0 spiro atoms. The SMILES string of the molecule is CCCOCCOCCN1C=C(CNC(=O)OCc2ccc(NC(=O)[C@H](CCCNC(N)=O)NC(=O)[C@H](CC(C)C)NC(=O)CON=C(CSC)CSC)cc2)NN1.CC[C@H](C)[C@@H]1CC(=O)CNC(=O)[C@H]2CC(=O)[C@H]([C@@H](C)[C@@H](O)CO)NC(=O)[C@@H]3C[C@@H](O)CN3C(=O)[C@H](CC(N)=O)NC(=O)[C@@H](CS(=O)c3[nH]c4c(CSCCOCCOCCOCCOCCOC)c(O)ccc4c3C2)NC(=O)CNC1=O. The molecule has 0 radical (unpaired) electrons. The fourth-order valence-electron chi connectivity index (χ4n) is 14.8. The summed E-state index contributed by atoms with van der Waals surface area (Å²) in [6.45, 7) is 14.3. The second kappa shape index (κ2) is 65.2. The largest absolute Gasteiger partial charge is 0.508 e. The Hall–Kier alpha value is -10.1. The van der Waals surface area contributed by atoms with Crippen LogP contribution in [0.4, 0.5) is 15.3 Å². The Morgan fingerprint density at radius 2 is 1.39 bits per heavy atom. The summed E-state index contributed by atoms with van der Waals surface area (Å²) in [6.07, 6.45) is 1.48. The van der Waals surface area contributed by atoms with Crippen molar-refractivity contribution in [2.45, 2.75) is 172 Å². The molecule has 7 rings (SSSR count). The number of phenols is 1. The molecule has 1 saturated heterocycles. The normalized spacial score (nSPS) is 20.1. The van der Waals surface area contributed by atoms with Gasteiger partial charge in [-0.05, 0) is 91.8 Å². The van der Waals surface area contributed by atoms with Gasteiger partial charge in [0.05, 0.1) is 170 Å². The molecule has 4 aliphatic rings. The lowest BCUT2D eigenvalue weighted by molar-refractivity contribution is -0.144. The number of aromatic nitrogens is 1. The van der Waals surface area contributed by atoms with Gasteiger partial charge in [0.2, 0.25) is 53.2 Å². The van der Waals surface area contributed by atoms with Crippen molar-refractivity contribution in [1.29, 1.82) is 0 Å². The molecule has 140 heavy (non-hydrogen) atoms. The number of urea groups is 1. The maximum Gasteiger partial charge on any atom is 0.407 e. The van der Waals surface area contributed by atoms with Crippen molar-refractivity contribution in [1.82, 2.24) is 73.7 Å². The van der Waals surface area contributed by atoms with E-state index in [1.165, 1.54) is 30.8 Å². The highest BCUT2D eigenvalue weighted by Crippen LogP contribution is 2.37. The number of H-pyrrole nitrogens is 1. The van der Waals surface area contributed by atoms with Crippen LogP contribution in [-0.4, -0.2) is 357 Å². The number of ketones is 2. The summed E-state index contributed by atoms with van der Waals surface area (Å²) in [6, 6.07) is -0.0737. The molecular formula is C90H142N18O28S4. The number of aromatic amines is 1. The summed E-state index contributed by atoms with van der Waals surface area (Å²) in [5.74, 6) is -13.2. The van der Waals surface area contributed by atoms with Crippen LogP contribution < -0.4 is 75.6 Å². The van der Waals surface area contributed by atoms with Crippen molar-refractivity contribution in [2.24, 2.45) is 46.2 Å². The molecule has 21 N–H and O–H groups in total. The van der Waals surface area contributed by atoms with Gasteiger partial charge in [0.25, 0.3) is 5.91 Å². The van der Waals surface area contributed by atoms with Gasteiger partial charge in [0.1, 0.15) is 47.6 Å². The lowest BCUT2D eigenvalue weighted by Crippen LogP contribution is -2.60. The van der Waals surface area contributed by atoms with Crippen molar-refractivity contribution in [3.63, 3.8) is 0 Å². The van der Waals surface area contributed by atoms with Gasteiger partial charge >= 0.3 is 12.1 Å². The second-order valence-corrected chi connectivity index (χ2v) is 38.2. The number of hydrogen-bond acceptors (Lipinski definition) is 35. The number of ether oxygens (including phenoxy) is 8. The minimum absolute atomic E-state index is 0.0150. The highest BCUT2D eigenvalue weighted by molar-refractivity contribution is 8.00. The molecule has 1 fully saturated rings. The van der Waals surface area contributed by atoms with Crippen LogP contribution in [0.5, 0.6) is 5.75 Å². The third-order valence-electron chi connectivity index (χ3n) is 22.5. The van der Waals surface area contributed by atoms with Crippen LogP contribution in [0.15, 0.2) is 58.5 Å². The van der Waals surface area contributed by atoms with E-state index in [0.29, 0.717) is 131 Å². The molecule has 1 aromatic heterocycles. The smallest absolute Gasteiger partial charge is 0.407 e. The van der Waals surface area contributed by atoms with Crippen molar-refractivity contribution >= 4 is 151 Å². The standard InChI is InChI=1S/C53H80N8O19S2.C37H62N10O9S2/c1-5-29(2)35-20-32(63)23-55-48(70)31-18-36-34-6-7-41(65)37(27-81-17-16-80-15-14-79-13-12-78-11-10-77-9-8-76-4)47(34)60-52(36)82(75)28-39(57-45(69)24-56-49(35)71)50(72)58-38(22-44(54)68)53(74)61-25-33(64)21-40(61)51(73)59-46(42(66)19-31)30(3)43(67)26-62;1-6-15-53-17-18-54-16-14-47-21-29(44-46-47)20-40-37(52)55-22-27-9-11-28(12-10-27)41-34(49)31(8-7-13-39-36(38)51)43-35(50)32(19-26(2)3)42-33(48)23-56-45-30(24-57-4)25-58-5/h6-7,29-31,33,35,38-40,43,46,60,62,64-65,67H,5,8-28H2,1-4H3,(H2,54,68)(H,55,70)(H,56,71)(H,57,69)(H,58,72)(H,59,73);9-12,21,26,31-32,44,46H,6-8,13-20,22-25H2,1-5H3,(H,40,52)(H,41,49)(H,42,48)(H,43,50)(H3,38,39,51)/t29-,30-,31+,33+,35-,38-,39+,40-,43-,46-,82?;31-,32-/m00/s1. The molecular weight excluding hydrogens is 1910 g/mol. The number of fused-ring (bicyclic) bond motifs is 5. The first-order chi connectivity index (χ1) is 67.1. The second-order valence-electron chi connectivity index (χ2n) is 34.0. The summed E-state index contributed by atoms with van der Waals surface area (Å²) in [5.41, 5.74) is 20.1. The molecule has 0 aliphatic carbocycles. The number of anilines is 1. The summed E-state index contributed by atoms with van der Waals surface area (Å²) < 4.78 is 58.5. The van der Waals surface area contributed by atoms with E-state index in [0.717, 1.165) is 29.3 Å². The summed E-state index contributed by atoms with van der Waals surface area (Å²) in [4.78, 5) is 199. The van der Waals surface area contributed by atoms with Gasteiger partial charge in [-0.15, -0.1) is 5.53 Å². The number of carbonyl (C=O) groups excluding carboxylic acids is 14. The average Bonchev–Trinajstić information content (AvgIpc) is 1.61. The van der Waals surface area contributed by atoms with Crippen molar-refractivity contribution < 1.29 is 134 Å². The van der Waals surface area contributed by atoms with E-state index in [1.807, 2.05) is 32.6 Å². The number of nitrogens with zero attached hydrogens (tertiary/aromatic N) is 3. The van der Waals surface area contributed by atoms with E-state index in [4.69, 9.17) is 54.2 Å². The number of aliphatic hydroxyl groups is 3. The van der Waals surface area contributed by atoms with Gasteiger partial charge in [-0.1, -0.05) is 65.3 Å². The molecule has 46 nitrogen and oxygen atoms in total. The summed E-state index contributed by atoms with van der Waals surface area (Å²) >= 11 is 4.56. The van der Waals surface area contributed by atoms with Crippen LogP contribution >= 0.6 is 35.3 Å². The van der Waals surface area contributed by atoms with Crippen molar-refractivity contribution in [3.05, 3.63) is 65.0 Å². The number of Topliss-reactive ketones (excluding diaryl/α,β-unsaturated/α-hetero) is 2. The maximum absolute atomic E-state index is 15.2. The minimum atomic E-state index is -2.43. The van der Waals surface area contributed by atoms with E-state index in [2.05, 4.69) is 81.2 Å². The summed E-state index contributed by atoms with van der Waals surface area (Å²) in [5, 5.41) is 75.3. The number of alkyl carbamates (subject to hydrolysis) is 1. The number of amides is 13. The number of oxime groups is 1. The molecule has 4 aliphatic heterocycles. The Morgan fingerprint density at radius 3 is 2.03 bits per heavy atom. The third kappa shape index (κ3) is 42.6. The van der Waals surface area contributed by atoms with Crippen molar-refractivity contribution in [2.75, 3.05) is 186 Å². The first-order valence-electron chi connectivity index (χ1n) is 46.5. The quantitative estimate of drug-likeness (QED) is 0.0187. The highest BCUT2D eigenvalue weighted by Gasteiger charge is 2.46. The number of nitrogens with one attached hydrogen (secondary N) is 13. The van der Waals surface area contributed by atoms with Crippen LogP contribution in [0.2, 0.25) is 0 Å². The molecule has 1 unspecified atom stereocenters. The van der Waals surface area contributed by atoms with Crippen LogP contribution in [0.3, 0.4) is 0 Å². The Labute approximate surface area is 829 Å². The van der Waals surface area contributed by atoms with Gasteiger partial charge in [0.15, 0.2) is 18.2 Å². The van der Waals surface area contributed by atoms with Crippen LogP contribution in [-0.2, 0) is 130 Å². The molecule has 2 aromatic carbocycles. The number of benzene rings is 2. The lowest BCUT2D eigenvalue weighted by Gasteiger charge is -2.32. The number of aliphatic hydroxyl groups excluding tert-OH is 3. The number of hydrazine groups is 2. The molecule has 0 saturated carbocycles. The maximum atomic E-state index is 15.2. The third-order valence-corrected chi connectivity index (χ3v) is 26.1. The first-order valence-corrected chi connectivity index (χ1v) is 51.8. The molecule has 50 heteroatoms. The number of nitrogens with two attached hydrogens (primary N) is 2. The van der Waals surface area contributed by atoms with E-state index >= 15 is 4.21 Å². The zero-order chi connectivity index (χ0) is 103. The van der Waals surface area contributed by atoms with E-state index in [-0.39, 0.29) is 85.9 Å². The lowest BCUT2D eigenvalue weighted by atomic mass is 9.85. The number of thioether (sulfide) groups is 3. The monoisotopic (exact) mass is 2050 g/mol. The van der Waals surface area contributed by atoms with E-state index < -0.39 is 223 Å². The zero-order valence-electron chi connectivity index (χ0n) is 80.9. The van der Waals surface area contributed by atoms with Crippen molar-refractivity contribution in [3.8, 4) is 5.75 Å². The summed E-state index contributed by atoms with van der Waals surface area (Å²) in [7, 11) is -0.836. The number of rotatable bonds is 54. The first kappa shape index (κ1) is 119. The number of primary amides is 2. The predicted molar refractivity (Wildman–Crippen MR) is 522 cm³/mol. The molecule has 3 aromatic rings. The fraction of sp³-hybridized carbons (Fsp3) is 0.656. The van der Waals surface area contributed by atoms with Gasteiger partial charge in [-0.25, -0.2) is 9.59 Å². The molecule has 5 heterocycles. The van der Waals surface area contributed by atoms with E-state index in [1.54, 1.807) is 73.8 Å². The average molecular weight is 2050 g/mol. The van der Waals surface area contributed by atoms with E-state index in [9.17, 15) is 87.5 Å². The van der Waals surface area contributed by atoms with Gasteiger partial charge < -0.3 is 143 Å². The molecule has 784 valence electrons.